The molecule has 0 spiro atoms. The van der Waals surface area contributed by atoms with E-state index in [9.17, 15) is 0 Å². The average molecular weight is 677 g/mol. The molecule has 0 aliphatic heterocycles. The second kappa shape index (κ2) is 11.7. The molecule has 2 heterocycles. The standard InChI is InChI=1S/C50H32N2O/c1-2-18-39-35(13-1)30-48(41-20-4-3-19-40(39)41)51(36-15-11-14-33(29-36)34-27-28-45-44-23-7-10-26-49(44)53-50(45)31-34)37-16-12-17-38(32-37)52-46-24-8-5-21-42(46)43-22-6-9-25-47(43)52/h1-32H. The molecule has 0 fully saturated rings. The van der Waals surface area contributed by atoms with E-state index in [1.54, 1.807) is 0 Å². The molecule has 0 aliphatic carbocycles. The maximum absolute atomic E-state index is 6.32. The molecule has 3 heteroatoms. The number of hydrogen-bond donors (Lipinski definition) is 0. The van der Waals surface area contributed by atoms with Crippen LogP contribution in [0.5, 0.6) is 0 Å². The average Bonchev–Trinajstić information content (AvgIpc) is 3.77. The summed E-state index contributed by atoms with van der Waals surface area (Å²) in [5.41, 5.74) is 10.8. The molecule has 11 rings (SSSR count). The van der Waals surface area contributed by atoms with Gasteiger partial charge in [-0.1, -0.05) is 127 Å². The molecule has 11 aromatic rings. The molecule has 53 heavy (non-hydrogen) atoms. The molecule has 2 aromatic heterocycles. The normalized spacial score (nSPS) is 11.8. The number of benzene rings is 9. The highest BCUT2D eigenvalue weighted by Crippen LogP contribution is 2.44. The van der Waals surface area contributed by atoms with Gasteiger partial charge < -0.3 is 13.9 Å². The van der Waals surface area contributed by atoms with Gasteiger partial charge in [0.2, 0.25) is 0 Å². The van der Waals surface area contributed by atoms with Gasteiger partial charge in [-0.25, -0.2) is 0 Å². The van der Waals surface area contributed by atoms with E-state index in [0.29, 0.717) is 0 Å². The van der Waals surface area contributed by atoms with Crippen molar-refractivity contribution >= 4 is 82.4 Å². The summed E-state index contributed by atoms with van der Waals surface area (Å²) in [4.78, 5) is 2.43. The second-order valence-corrected chi connectivity index (χ2v) is 13.7. The second-order valence-electron chi connectivity index (χ2n) is 13.7. The molecule has 3 nitrogen and oxygen atoms in total. The highest BCUT2D eigenvalue weighted by Gasteiger charge is 2.20. The van der Waals surface area contributed by atoms with Crippen LogP contribution in [-0.4, -0.2) is 4.57 Å². The minimum absolute atomic E-state index is 0.894. The molecule has 0 saturated carbocycles. The predicted molar refractivity (Wildman–Crippen MR) is 223 cm³/mol. The van der Waals surface area contributed by atoms with E-state index in [-0.39, 0.29) is 0 Å². The SMILES string of the molecule is c1cc(-c2ccc3c(c2)oc2ccccc23)cc(N(c2cccc(-n3c4ccccc4c4ccccc43)c2)c2cc3ccccc3c3ccccc23)c1. The zero-order valence-electron chi connectivity index (χ0n) is 28.8. The van der Waals surface area contributed by atoms with Crippen LogP contribution in [0, 0.1) is 0 Å². The zero-order chi connectivity index (χ0) is 34.9. The summed E-state index contributed by atoms with van der Waals surface area (Å²) in [5.74, 6) is 0. The summed E-state index contributed by atoms with van der Waals surface area (Å²) >= 11 is 0. The Morgan fingerprint density at radius 1 is 0.358 bits per heavy atom. The predicted octanol–water partition coefficient (Wildman–Crippen LogP) is 14.1. The van der Waals surface area contributed by atoms with Gasteiger partial charge in [0.15, 0.2) is 0 Å². The summed E-state index contributed by atoms with van der Waals surface area (Å²) in [6.45, 7) is 0. The number of fused-ring (bicyclic) bond motifs is 9. The van der Waals surface area contributed by atoms with Crippen molar-refractivity contribution in [3.8, 4) is 16.8 Å². The minimum atomic E-state index is 0.894. The number of aromatic nitrogens is 1. The van der Waals surface area contributed by atoms with Crippen molar-refractivity contribution in [2.24, 2.45) is 0 Å². The Hall–Kier alpha value is -7.10. The van der Waals surface area contributed by atoms with Crippen molar-refractivity contribution in [3.63, 3.8) is 0 Å². The molecule has 0 atom stereocenters. The van der Waals surface area contributed by atoms with Gasteiger partial charge >= 0.3 is 0 Å². The Balaban J connectivity index is 1.15. The van der Waals surface area contributed by atoms with Crippen LogP contribution in [0.4, 0.5) is 17.1 Å². The lowest BCUT2D eigenvalue weighted by molar-refractivity contribution is 0.669. The lowest BCUT2D eigenvalue weighted by atomic mass is 9.98. The van der Waals surface area contributed by atoms with Crippen LogP contribution in [0.1, 0.15) is 0 Å². The zero-order valence-corrected chi connectivity index (χ0v) is 28.8. The summed E-state index contributed by atoms with van der Waals surface area (Å²) in [5, 5.41) is 9.65. The monoisotopic (exact) mass is 676 g/mol. The maximum Gasteiger partial charge on any atom is 0.136 e. The maximum atomic E-state index is 6.32. The van der Waals surface area contributed by atoms with Crippen molar-refractivity contribution in [2.75, 3.05) is 4.90 Å². The first-order chi connectivity index (χ1) is 26.3. The van der Waals surface area contributed by atoms with E-state index in [1.807, 2.05) is 12.1 Å². The lowest BCUT2D eigenvalue weighted by Crippen LogP contribution is -2.11. The molecule has 9 aromatic carbocycles. The fourth-order valence-corrected chi connectivity index (χ4v) is 8.35. The van der Waals surface area contributed by atoms with Gasteiger partial charge in [-0.15, -0.1) is 0 Å². The Kier molecular flexibility index (Phi) is 6.55. The number of para-hydroxylation sites is 3. The number of hydrogen-bond acceptors (Lipinski definition) is 2. The van der Waals surface area contributed by atoms with E-state index < -0.39 is 0 Å². The Labute approximate surface area is 306 Å². The van der Waals surface area contributed by atoms with Crippen molar-refractivity contribution in [2.45, 2.75) is 0 Å². The van der Waals surface area contributed by atoms with E-state index in [2.05, 4.69) is 191 Å². The Bertz CT molecular complexity index is 3150. The highest BCUT2D eigenvalue weighted by atomic mass is 16.3. The smallest absolute Gasteiger partial charge is 0.136 e. The third kappa shape index (κ3) is 4.68. The van der Waals surface area contributed by atoms with Gasteiger partial charge in [-0.2, -0.15) is 0 Å². The van der Waals surface area contributed by atoms with E-state index >= 15 is 0 Å². The molecular formula is C50H32N2O. The minimum Gasteiger partial charge on any atom is -0.456 e. The largest absolute Gasteiger partial charge is 0.456 e. The summed E-state index contributed by atoms with van der Waals surface area (Å²) < 4.78 is 8.71. The summed E-state index contributed by atoms with van der Waals surface area (Å²) in [6.07, 6.45) is 0. The first kappa shape index (κ1) is 29.6. The lowest BCUT2D eigenvalue weighted by Gasteiger charge is -2.28. The van der Waals surface area contributed by atoms with Crippen LogP contribution < -0.4 is 4.90 Å². The number of anilines is 3. The molecule has 0 aliphatic rings. The molecule has 0 N–H and O–H groups in total. The molecular weight excluding hydrogens is 645 g/mol. The fourth-order valence-electron chi connectivity index (χ4n) is 8.35. The van der Waals surface area contributed by atoms with E-state index in [1.165, 1.54) is 43.4 Å². The Morgan fingerprint density at radius 2 is 0.943 bits per heavy atom. The van der Waals surface area contributed by atoms with Gasteiger partial charge in [-0.3, -0.25) is 0 Å². The number of nitrogens with zero attached hydrogens (tertiary/aromatic N) is 2. The fraction of sp³-hybridized carbons (Fsp3) is 0. The van der Waals surface area contributed by atoms with Crippen molar-refractivity contribution in [1.82, 2.24) is 4.57 Å². The van der Waals surface area contributed by atoms with Crippen LogP contribution in [0.15, 0.2) is 199 Å². The molecule has 0 amide bonds. The molecule has 0 unspecified atom stereocenters. The first-order valence-electron chi connectivity index (χ1n) is 18.1. The highest BCUT2D eigenvalue weighted by molar-refractivity contribution is 6.15. The molecule has 0 bridgehead atoms. The van der Waals surface area contributed by atoms with Crippen LogP contribution >= 0.6 is 0 Å². The van der Waals surface area contributed by atoms with Crippen molar-refractivity contribution < 1.29 is 4.42 Å². The van der Waals surface area contributed by atoms with Crippen LogP contribution in [0.3, 0.4) is 0 Å². The van der Waals surface area contributed by atoms with Crippen LogP contribution in [0.2, 0.25) is 0 Å². The van der Waals surface area contributed by atoms with Crippen molar-refractivity contribution in [1.29, 1.82) is 0 Å². The summed E-state index contributed by atoms with van der Waals surface area (Å²) in [7, 11) is 0. The van der Waals surface area contributed by atoms with Gasteiger partial charge in [0.25, 0.3) is 0 Å². The molecule has 0 radical (unpaired) electrons. The van der Waals surface area contributed by atoms with Gasteiger partial charge in [0.05, 0.1) is 16.7 Å². The third-order valence-corrected chi connectivity index (χ3v) is 10.7. The Morgan fingerprint density at radius 3 is 1.74 bits per heavy atom. The van der Waals surface area contributed by atoms with Crippen LogP contribution in [-0.2, 0) is 0 Å². The molecule has 0 saturated heterocycles. The summed E-state index contributed by atoms with van der Waals surface area (Å²) in [6, 6.07) is 69.9. The molecule has 248 valence electrons. The first-order valence-corrected chi connectivity index (χ1v) is 18.1. The van der Waals surface area contributed by atoms with E-state index in [4.69, 9.17) is 4.42 Å². The van der Waals surface area contributed by atoms with E-state index in [0.717, 1.165) is 55.8 Å². The third-order valence-electron chi connectivity index (χ3n) is 10.7. The van der Waals surface area contributed by atoms with Crippen LogP contribution in [0.25, 0.3) is 82.1 Å². The number of furan rings is 1. The topological polar surface area (TPSA) is 21.3 Å². The van der Waals surface area contributed by atoms with Gasteiger partial charge in [0.1, 0.15) is 11.2 Å². The van der Waals surface area contributed by atoms with Crippen molar-refractivity contribution in [3.05, 3.63) is 194 Å². The van der Waals surface area contributed by atoms with Gasteiger partial charge in [-0.05, 0) is 94.0 Å². The number of rotatable bonds is 5. The quantitative estimate of drug-likeness (QED) is 0.169. The van der Waals surface area contributed by atoms with Gasteiger partial charge in [0, 0.05) is 44.0 Å².